The molecule has 3 aromatic carbocycles. The van der Waals surface area contributed by atoms with E-state index < -0.39 is 16.1 Å². The van der Waals surface area contributed by atoms with Crippen LogP contribution in [0.3, 0.4) is 0 Å². The average Bonchev–Trinajstić information content (AvgIpc) is 3.13. The molecule has 0 fully saturated rings. The number of aryl methyl sites for hydroxylation is 3. The Hall–Kier alpha value is -3.06. The highest BCUT2D eigenvalue weighted by Crippen LogP contribution is 2.37. The van der Waals surface area contributed by atoms with Gasteiger partial charge in [-0.15, -0.1) is 0 Å². The normalized spacial score (nSPS) is 17.5. The van der Waals surface area contributed by atoms with Crippen molar-refractivity contribution in [3.8, 4) is 5.75 Å². The highest BCUT2D eigenvalue weighted by atomic mass is 32.2. The van der Waals surface area contributed by atoms with Crippen LogP contribution in [0.5, 0.6) is 5.75 Å². The van der Waals surface area contributed by atoms with E-state index in [2.05, 4.69) is 17.4 Å². The number of hydrogen-bond donors (Lipinski definition) is 1. The topological polar surface area (TPSA) is 75.7 Å². The molecule has 1 aliphatic carbocycles. The Labute approximate surface area is 175 Å². The second-order valence-electron chi connectivity index (χ2n) is 7.97. The number of carbonyl (C=O) groups excluding carboxylic acids is 1. The van der Waals surface area contributed by atoms with Crippen LogP contribution in [0.15, 0.2) is 48.5 Å². The van der Waals surface area contributed by atoms with Crippen molar-refractivity contribution in [2.75, 3.05) is 22.4 Å². The molecule has 1 heterocycles. The van der Waals surface area contributed by atoms with Crippen molar-refractivity contribution < 1.29 is 17.9 Å². The minimum atomic E-state index is -3.56. The predicted molar refractivity (Wildman–Crippen MR) is 118 cm³/mol. The van der Waals surface area contributed by atoms with Crippen molar-refractivity contribution in [3.63, 3.8) is 0 Å². The summed E-state index contributed by atoms with van der Waals surface area (Å²) < 4.78 is 31.9. The van der Waals surface area contributed by atoms with Crippen molar-refractivity contribution in [3.05, 3.63) is 65.2 Å². The number of ether oxygens (including phenoxy) is 1. The zero-order valence-electron chi connectivity index (χ0n) is 16.8. The molecule has 0 bridgehead atoms. The van der Waals surface area contributed by atoms with Gasteiger partial charge in [0.25, 0.3) is 5.91 Å². The van der Waals surface area contributed by atoms with Crippen LogP contribution in [-0.4, -0.2) is 33.2 Å². The van der Waals surface area contributed by atoms with Crippen LogP contribution >= 0.6 is 0 Å². The summed E-state index contributed by atoms with van der Waals surface area (Å²) in [6.45, 7) is 1.83. The largest absolute Gasteiger partial charge is 0.476 e. The molecule has 0 aromatic heterocycles. The molecule has 0 saturated heterocycles. The van der Waals surface area contributed by atoms with Gasteiger partial charge in [-0.1, -0.05) is 30.3 Å². The van der Waals surface area contributed by atoms with Gasteiger partial charge in [0, 0.05) is 11.1 Å². The molecule has 0 spiro atoms. The maximum Gasteiger partial charge on any atom is 0.267 e. The molecule has 7 heteroatoms. The van der Waals surface area contributed by atoms with Crippen molar-refractivity contribution in [1.82, 2.24) is 0 Å². The number of amides is 1. The van der Waals surface area contributed by atoms with Gasteiger partial charge >= 0.3 is 0 Å². The third-order valence-corrected chi connectivity index (χ3v) is 6.96. The van der Waals surface area contributed by atoms with Crippen molar-refractivity contribution in [2.45, 2.75) is 25.9 Å². The average molecular weight is 423 g/mol. The summed E-state index contributed by atoms with van der Waals surface area (Å²) in [5, 5.41) is 5.18. The van der Waals surface area contributed by atoms with E-state index in [9.17, 15) is 13.2 Å². The van der Waals surface area contributed by atoms with E-state index in [0.717, 1.165) is 30.0 Å². The number of nitrogens with zero attached hydrogens (tertiary/aromatic N) is 1. The zero-order chi connectivity index (χ0) is 21.0. The lowest BCUT2D eigenvalue weighted by Gasteiger charge is -2.34. The first-order chi connectivity index (χ1) is 14.3. The first kappa shape index (κ1) is 18.9. The zero-order valence-corrected chi connectivity index (χ0v) is 17.6. The molecule has 1 atom stereocenters. The molecule has 2 aliphatic rings. The summed E-state index contributed by atoms with van der Waals surface area (Å²) >= 11 is 0. The van der Waals surface area contributed by atoms with Gasteiger partial charge in [0.2, 0.25) is 10.0 Å². The van der Waals surface area contributed by atoms with Gasteiger partial charge in [0.05, 0.1) is 18.5 Å². The van der Waals surface area contributed by atoms with Gasteiger partial charge in [0.1, 0.15) is 5.75 Å². The molecule has 30 heavy (non-hydrogen) atoms. The fourth-order valence-electron chi connectivity index (χ4n) is 4.38. The Balaban J connectivity index is 1.48. The van der Waals surface area contributed by atoms with Crippen molar-refractivity contribution in [2.24, 2.45) is 0 Å². The fraction of sp³-hybridized carbons (Fsp3) is 0.261. The monoisotopic (exact) mass is 422 g/mol. The highest BCUT2D eigenvalue weighted by molar-refractivity contribution is 7.92. The maximum absolute atomic E-state index is 13.1. The van der Waals surface area contributed by atoms with E-state index in [1.54, 1.807) is 12.1 Å². The van der Waals surface area contributed by atoms with Gasteiger partial charge < -0.3 is 10.1 Å². The molecule has 3 aromatic rings. The lowest BCUT2D eigenvalue weighted by atomic mass is 10.0. The Morgan fingerprint density at radius 1 is 1.10 bits per heavy atom. The number of fused-ring (bicyclic) bond motifs is 1. The molecule has 6 nitrogen and oxygen atoms in total. The number of hydrogen-bond acceptors (Lipinski definition) is 4. The lowest BCUT2D eigenvalue weighted by Crippen LogP contribution is -2.48. The molecular weight excluding hydrogens is 400 g/mol. The second-order valence-corrected chi connectivity index (χ2v) is 9.88. The van der Waals surface area contributed by atoms with E-state index in [4.69, 9.17) is 4.74 Å². The van der Waals surface area contributed by atoms with E-state index in [-0.39, 0.29) is 12.5 Å². The molecule has 1 amide bonds. The molecule has 1 N–H and O–H groups in total. The maximum atomic E-state index is 13.1. The summed E-state index contributed by atoms with van der Waals surface area (Å²) in [7, 11) is -3.56. The number of carbonyl (C=O) groups is 1. The van der Waals surface area contributed by atoms with Crippen LogP contribution in [0, 0.1) is 6.92 Å². The van der Waals surface area contributed by atoms with Gasteiger partial charge in [-0.2, -0.15) is 0 Å². The van der Waals surface area contributed by atoms with E-state index in [0.29, 0.717) is 17.1 Å². The Morgan fingerprint density at radius 2 is 1.87 bits per heavy atom. The summed E-state index contributed by atoms with van der Waals surface area (Å²) in [5.41, 5.74) is 4.68. The first-order valence-electron chi connectivity index (χ1n) is 9.90. The van der Waals surface area contributed by atoms with Crippen LogP contribution < -0.4 is 14.4 Å². The minimum Gasteiger partial charge on any atom is -0.476 e. The molecule has 154 valence electrons. The summed E-state index contributed by atoms with van der Waals surface area (Å²) in [4.78, 5) is 13.1. The fourth-order valence-corrected chi connectivity index (χ4v) is 5.30. The van der Waals surface area contributed by atoms with Gasteiger partial charge in [-0.25, -0.2) is 8.42 Å². The highest BCUT2D eigenvalue weighted by Gasteiger charge is 2.35. The van der Waals surface area contributed by atoms with Gasteiger partial charge in [-0.3, -0.25) is 9.10 Å². The Bertz CT molecular complexity index is 1290. The molecule has 0 radical (unpaired) electrons. The molecule has 1 aliphatic heterocycles. The molecular formula is C23H22N2O4S. The minimum absolute atomic E-state index is 0.0675. The van der Waals surface area contributed by atoms with Crippen LogP contribution in [0.2, 0.25) is 0 Å². The third kappa shape index (κ3) is 3.10. The van der Waals surface area contributed by atoms with E-state index in [1.807, 2.05) is 31.2 Å². The van der Waals surface area contributed by atoms with Gasteiger partial charge in [0.15, 0.2) is 6.10 Å². The van der Waals surface area contributed by atoms with E-state index in [1.165, 1.54) is 20.8 Å². The number of sulfonamides is 1. The van der Waals surface area contributed by atoms with E-state index >= 15 is 0 Å². The van der Waals surface area contributed by atoms with Crippen molar-refractivity contribution in [1.29, 1.82) is 0 Å². The number of rotatable bonds is 3. The first-order valence-corrected chi connectivity index (χ1v) is 11.8. The quantitative estimate of drug-likeness (QED) is 0.702. The molecule has 0 unspecified atom stereocenters. The number of nitrogens with one attached hydrogen (secondary N) is 1. The Kier molecular flexibility index (Phi) is 4.25. The lowest BCUT2D eigenvalue weighted by molar-refractivity contribution is -0.122. The summed E-state index contributed by atoms with van der Waals surface area (Å²) in [6, 6.07) is 15.4. The molecule has 0 saturated carbocycles. The second kappa shape index (κ2) is 6.74. The number of anilines is 2. The van der Waals surface area contributed by atoms with Crippen molar-refractivity contribution >= 4 is 38.1 Å². The van der Waals surface area contributed by atoms with Crippen LogP contribution in [0.4, 0.5) is 11.4 Å². The number of benzene rings is 3. The predicted octanol–water partition coefficient (Wildman–Crippen LogP) is 3.41. The summed E-state index contributed by atoms with van der Waals surface area (Å²) in [6.07, 6.45) is 2.21. The van der Waals surface area contributed by atoms with Crippen LogP contribution in [-0.2, 0) is 27.7 Å². The van der Waals surface area contributed by atoms with Crippen LogP contribution in [0.1, 0.15) is 16.7 Å². The standard InChI is InChI=1S/C23H22N2O4S/c1-14-6-11-19-20(12-14)29-21(13-25(19)30(2,27)28)23(26)24-18-10-9-16-8-7-15-4-3-5-17(18)22(15)16/h3-6,9-12,21H,7-8,13H2,1-2H3,(H,24,26)/t21-/m1/s1. The molecule has 5 rings (SSSR count). The Morgan fingerprint density at radius 3 is 2.63 bits per heavy atom. The van der Waals surface area contributed by atoms with Gasteiger partial charge in [-0.05, 0) is 60.0 Å². The smallest absolute Gasteiger partial charge is 0.267 e. The summed E-state index contributed by atoms with van der Waals surface area (Å²) in [5.74, 6) is 0.0294. The SMILES string of the molecule is Cc1ccc2c(c1)O[C@@H](C(=O)Nc1ccc3c4c(cccc14)CC3)CN2S(C)(=O)=O. The third-order valence-electron chi connectivity index (χ3n) is 5.81. The van der Waals surface area contributed by atoms with Crippen LogP contribution in [0.25, 0.3) is 10.8 Å².